The van der Waals surface area contributed by atoms with E-state index in [9.17, 15) is 4.79 Å². The van der Waals surface area contributed by atoms with Crippen molar-refractivity contribution in [3.05, 3.63) is 53.6 Å². The highest BCUT2D eigenvalue weighted by Crippen LogP contribution is 2.28. The van der Waals surface area contributed by atoms with Crippen LogP contribution in [-0.2, 0) is 4.79 Å². The van der Waals surface area contributed by atoms with E-state index in [1.807, 2.05) is 30.3 Å². The number of ether oxygens (including phenoxy) is 1. The van der Waals surface area contributed by atoms with Gasteiger partial charge in [0, 0.05) is 5.02 Å². The van der Waals surface area contributed by atoms with Crippen molar-refractivity contribution in [3.63, 3.8) is 0 Å². The molecule has 0 saturated carbocycles. The van der Waals surface area contributed by atoms with E-state index in [4.69, 9.17) is 16.3 Å². The highest BCUT2D eigenvalue weighted by molar-refractivity contribution is 7.99. The molecule has 0 unspecified atom stereocenters. The lowest BCUT2D eigenvalue weighted by atomic mass is 10.3. The Hall–Kier alpha value is -2.58. The quantitative estimate of drug-likeness (QED) is 0.667. The molecular weight excluding hydrogens is 362 g/mol. The number of amides is 1. The summed E-state index contributed by atoms with van der Waals surface area (Å²) in [4.78, 5) is 12.2. The molecule has 0 spiro atoms. The Bertz CT molecular complexity index is 872. The molecule has 0 atom stereocenters. The van der Waals surface area contributed by atoms with Crippen molar-refractivity contribution in [1.82, 2.24) is 20.2 Å². The highest BCUT2D eigenvalue weighted by Gasteiger charge is 2.13. The lowest BCUT2D eigenvalue weighted by molar-refractivity contribution is -0.113. The Kier molecular flexibility index (Phi) is 5.52. The van der Waals surface area contributed by atoms with E-state index in [0.717, 1.165) is 5.69 Å². The number of aromatic nitrogens is 4. The van der Waals surface area contributed by atoms with E-state index in [1.54, 1.807) is 22.9 Å². The number of carbonyl (C=O) groups is 1. The first-order chi connectivity index (χ1) is 12.2. The van der Waals surface area contributed by atoms with Gasteiger partial charge in [-0.05, 0) is 40.8 Å². The fourth-order valence-corrected chi connectivity index (χ4v) is 2.96. The zero-order valence-corrected chi connectivity index (χ0v) is 14.8. The van der Waals surface area contributed by atoms with Gasteiger partial charge in [-0.3, -0.25) is 4.79 Å². The molecule has 0 bridgehead atoms. The summed E-state index contributed by atoms with van der Waals surface area (Å²) >= 11 is 7.20. The van der Waals surface area contributed by atoms with E-state index in [2.05, 4.69) is 20.8 Å². The van der Waals surface area contributed by atoms with Gasteiger partial charge < -0.3 is 10.1 Å². The maximum atomic E-state index is 12.2. The molecule has 0 aliphatic rings. The summed E-state index contributed by atoms with van der Waals surface area (Å²) in [5, 5.41) is 15.4. The molecule has 0 aliphatic heterocycles. The van der Waals surface area contributed by atoms with Crippen LogP contribution in [0.1, 0.15) is 0 Å². The molecule has 0 fully saturated rings. The van der Waals surface area contributed by atoms with Crippen molar-refractivity contribution < 1.29 is 9.53 Å². The number of hydrogen-bond donors (Lipinski definition) is 1. The lowest BCUT2D eigenvalue weighted by Gasteiger charge is -2.10. The largest absolute Gasteiger partial charge is 0.495 e. The molecule has 3 rings (SSSR count). The first kappa shape index (κ1) is 17.2. The number of thioether (sulfide) groups is 1. The second-order valence-corrected chi connectivity index (χ2v) is 6.27. The summed E-state index contributed by atoms with van der Waals surface area (Å²) in [7, 11) is 1.53. The molecule has 0 aliphatic carbocycles. The second kappa shape index (κ2) is 8.00. The van der Waals surface area contributed by atoms with E-state index in [0.29, 0.717) is 21.6 Å². The summed E-state index contributed by atoms with van der Waals surface area (Å²) in [6.45, 7) is 0. The van der Waals surface area contributed by atoms with Gasteiger partial charge in [0.05, 0.1) is 24.2 Å². The van der Waals surface area contributed by atoms with Gasteiger partial charge in [-0.1, -0.05) is 41.6 Å². The minimum atomic E-state index is -0.215. The molecule has 128 valence electrons. The van der Waals surface area contributed by atoms with Gasteiger partial charge in [0.1, 0.15) is 5.75 Å². The van der Waals surface area contributed by atoms with Gasteiger partial charge in [-0.15, -0.1) is 5.10 Å². The number of benzene rings is 2. The second-order valence-electron chi connectivity index (χ2n) is 4.89. The zero-order valence-electron chi connectivity index (χ0n) is 13.2. The van der Waals surface area contributed by atoms with Crippen molar-refractivity contribution in [1.29, 1.82) is 0 Å². The van der Waals surface area contributed by atoms with Gasteiger partial charge in [-0.25, -0.2) is 0 Å². The fraction of sp³-hybridized carbons (Fsp3) is 0.125. The predicted octanol–water partition coefficient (Wildman–Crippen LogP) is 3.06. The van der Waals surface area contributed by atoms with Crippen molar-refractivity contribution in [3.8, 4) is 11.4 Å². The van der Waals surface area contributed by atoms with E-state index >= 15 is 0 Å². The summed E-state index contributed by atoms with van der Waals surface area (Å²) in [6, 6.07) is 14.5. The molecule has 0 radical (unpaired) electrons. The number of para-hydroxylation sites is 1. The Labute approximate surface area is 153 Å². The molecule has 2 aromatic carbocycles. The molecule has 9 heteroatoms. The number of rotatable bonds is 6. The van der Waals surface area contributed by atoms with Crippen molar-refractivity contribution in [2.75, 3.05) is 18.2 Å². The standard InChI is InChI=1S/C16H14ClN5O2S/c1-24-14-8-7-11(17)9-13(14)18-15(23)10-25-16-19-20-21-22(16)12-5-3-2-4-6-12/h2-9H,10H2,1H3,(H,18,23). The van der Waals surface area contributed by atoms with E-state index < -0.39 is 0 Å². The molecule has 1 aromatic heterocycles. The molecule has 1 N–H and O–H groups in total. The number of nitrogens with zero attached hydrogens (tertiary/aromatic N) is 4. The molecule has 3 aromatic rings. The third kappa shape index (κ3) is 4.28. The molecule has 7 nitrogen and oxygen atoms in total. The average Bonchev–Trinajstić information content (AvgIpc) is 3.09. The first-order valence-electron chi connectivity index (χ1n) is 7.27. The van der Waals surface area contributed by atoms with Crippen molar-refractivity contribution in [2.45, 2.75) is 5.16 Å². The number of anilines is 1. The molecule has 25 heavy (non-hydrogen) atoms. The van der Waals surface area contributed by atoms with Crippen molar-refractivity contribution >= 4 is 35.0 Å². The molecule has 0 saturated heterocycles. The van der Waals surface area contributed by atoms with Crippen LogP contribution in [0.5, 0.6) is 5.75 Å². The van der Waals surface area contributed by atoms with Crippen LogP contribution in [0, 0.1) is 0 Å². The Morgan fingerprint density at radius 3 is 2.84 bits per heavy atom. The maximum absolute atomic E-state index is 12.2. The van der Waals surface area contributed by atoms with Crippen LogP contribution < -0.4 is 10.1 Å². The Morgan fingerprint density at radius 1 is 1.28 bits per heavy atom. The van der Waals surface area contributed by atoms with Crippen molar-refractivity contribution in [2.24, 2.45) is 0 Å². The Morgan fingerprint density at radius 2 is 2.08 bits per heavy atom. The number of methoxy groups -OCH3 is 1. The smallest absolute Gasteiger partial charge is 0.234 e. The topological polar surface area (TPSA) is 81.9 Å². The van der Waals surface area contributed by atoms with Gasteiger partial charge in [-0.2, -0.15) is 4.68 Å². The van der Waals surface area contributed by atoms with Gasteiger partial charge in [0.25, 0.3) is 0 Å². The number of hydrogen-bond acceptors (Lipinski definition) is 6. The molecule has 1 heterocycles. The van der Waals surface area contributed by atoms with Crippen LogP contribution in [0.15, 0.2) is 53.7 Å². The molecule has 1 amide bonds. The van der Waals surface area contributed by atoms with Crippen LogP contribution in [0.4, 0.5) is 5.69 Å². The number of tetrazole rings is 1. The normalized spacial score (nSPS) is 10.5. The summed E-state index contributed by atoms with van der Waals surface area (Å²) in [6.07, 6.45) is 0. The monoisotopic (exact) mass is 375 g/mol. The van der Waals surface area contributed by atoms with Crippen LogP contribution in [0.3, 0.4) is 0 Å². The third-order valence-electron chi connectivity index (χ3n) is 3.21. The summed E-state index contributed by atoms with van der Waals surface area (Å²) < 4.78 is 6.79. The van der Waals surface area contributed by atoms with Gasteiger partial charge in [0.15, 0.2) is 0 Å². The zero-order chi connectivity index (χ0) is 17.6. The number of halogens is 1. The summed E-state index contributed by atoms with van der Waals surface area (Å²) in [5.41, 5.74) is 1.34. The molecular formula is C16H14ClN5O2S. The highest BCUT2D eigenvalue weighted by atomic mass is 35.5. The number of nitrogens with one attached hydrogen (secondary N) is 1. The van der Waals surface area contributed by atoms with E-state index in [-0.39, 0.29) is 11.7 Å². The third-order valence-corrected chi connectivity index (χ3v) is 4.36. The fourth-order valence-electron chi connectivity index (χ4n) is 2.09. The maximum Gasteiger partial charge on any atom is 0.234 e. The summed E-state index contributed by atoms with van der Waals surface area (Å²) in [5.74, 6) is 0.466. The van der Waals surface area contributed by atoms with Crippen LogP contribution in [-0.4, -0.2) is 39.0 Å². The SMILES string of the molecule is COc1ccc(Cl)cc1NC(=O)CSc1nnnn1-c1ccccc1. The lowest BCUT2D eigenvalue weighted by Crippen LogP contribution is -2.15. The van der Waals surface area contributed by atoms with Crippen LogP contribution >= 0.6 is 23.4 Å². The minimum absolute atomic E-state index is 0.142. The number of carbonyl (C=O) groups excluding carboxylic acids is 1. The van der Waals surface area contributed by atoms with Crippen LogP contribution in [0.25, 0.3) is 5.69 Å². The predicted molar refractivity (Wildman–Crippen MR) is 96.5 cm³/mol. The minimum Gasteiger partial charge on any atom is -0.495 e. The Balaban J connectivity index is 1.66. The van der Waals surface area contributed by atoms with E-state index in [1.165, 1.54) is 18.9 Å². The first-order valence-corrected chi connectivity index (χ1v) is 8.63. The van der Waals surface area contributed by atoms with Crippen LogP contribution in [0.2, 0.25) is 5.02 Å². The average molecular weight is 376 g/mol. The van der Waals surface area contributed by atoms with Gasteiger partial charge in [0.2, 0.25) is 11.1 Å². The van der Waals surface area contributed by atoms with Gasteiger partial charge >= 0.3 is 0 Å².